The predicted molar refractivity (Wildman–Crippen MR) is 113 cm³/mol. The summed E-state index contributed by atoms with van der Waals surface area (Å²) in [6.45, 7) is 0.0189. The number of nitrogens with zero attached hydrogens (tertiary/aromatic N) is 1. The number of benzene rings is 2. The fourth-order valence-corrected chi connectivity index (χ4v) is 3.37. The smallest absolute Gasteiger partial charge is 0.354 e. The molecule has 30 heavy (non-hydrogen) atoms. The second-order valence-corrected chi connectivity index (χ2v) is 7.06. The summed E-state index contributed by atoms with van der Waals surface area (Å²) in [5, 5.41) is 1.43. The van der Waals surface area contributed by atoms with Gasteiger partial charge in [-0.15, -0.1) is 0 Å². The second-order valence-electron chi connectivity index (χ2n) is 6.25. The molecule has 2 aromatic carbocycles. The van der Waals surface area contributed by atoms with Gasteiger partial charge < -0.3 is 23.5 Å². The minimum absolute atomic E-state index is 0.301. The molecule has 0 amide bonds. The van der Waals surface area contributed by atoms with E-state index in [4.69, 9.17) is 37.4 Å². The van der Waals surface area contributed by atoms with Crippen LogP contribution in [0.4, 0.5) is 0 Å². The lowest BCUT2D eigenvalue weighted by molar-refractivity contribution is -0.142. The van der Waals surface area contributed by atoms with Gasteiger partial charge in [-0.05, 0) is 35.9 Å². The van der Waals surface area contributed by atoms with Crippen molar-refractivity contribution in [3.63, 3.8) is 0 Å². The first-order chi connectivity index (χ1) is 14.4. The summed E-state index contributed by atoms with van der Waals surface area (Å²) < 4.78 is 22.4. The molecule has 0 unspecified atom stereocenters. The van der Waals surface area contributed by atoms with E-state index in [2.05, 4.69) is 4.74 Å². The Labute approximate surface area is 183 Å². The molecule has 9 heteroatoms. The Bertz CT molecular complexity index is 1110. The van der Waals surface area contributed by atoms with Gasteiger partial charge in [0.1, 0.15) is 5.69 Å². The summed E-state index contributed by atoms with van der Waals surface area (Å²) in [6.07, 6.45) is 0. The fraction of sp³-hybridized carbons (Fsp3) is 0.238. The molecule has 0 aliphatic rings. The Kier molecular flexibility index (Phi) is 6.74. The number of methoxy groups -OCH3 is 3. The monoisotopic (exact) mass is 451 g/mol. The molecule has 0 bridgehead atoms. The lowest BCUT2D eigenvalue weighted by atomic mass is 10.2. The molecule has 1 aromatic heterocycles. The number of carbonyl (C=O) groups excluding carboxylic acids is 2. The molecule has 0 radical (unpaired) electrons. The highest BCUT2D eigenvalue weighted by molar-refractivity contribution is 6.42. The number of rotatable bonds is 7. The van der Waals surface area contributed by atoms with Crippen molar-refractivity contribution in [2.45, 2.75) is 6.54 Å². The fourth-order valence-electron chi connectivity index (χ4n) is 3.05. The van der Waals surface area contributed by atoms with E-state index in [-0.39, 0.29) is 6.61 Å². The number of hydrogen-bond acceptors (Lipinski definition) is 6. The predicted octanol–water partition coefficient (Wildman–Crippen LogP) is 4.34. The maximum atomic E-state index is 12.5. The molecule has 0 aliphatic carbocycles. The van der Waals surface area contributed by atoms with E-state index < -0.39 is 11.9 Å². The van der Waals surface area contributed by atoms with Crippen molar-refractivity contribution >= 4 is 46.0 Å². The van der Waals surface area contributed by atoms with Crippen LogP contribution in [0, 0.1) is 0 Å². The first kappa shape index (κ1) is 21.8. The van der Waals surface area contributed by atoms with Crippen molar-refractivity contribution in [1.29, 1.82) is 0 Å². The highest BCUT2D eigenvalue weighted by Crippen LogP contribution is 2.38. The van der Waals surface area contributed by atoms with Gasteiger partial charge in [0.25, 0.3) is 0 Å². The van der Waals surface area contributed by atoms with Crippen molar-refractivity contribution in [1.82, 2.24) is 4.57 Å². The van der Waals surface area contributed by atoms with Crippen LogP contribution in [0.5, 0.6) is 11.5 Å². The summed E-state index contributed by atoms with van der Waals surface area (Å²) in [6, 6.07) is 10.4. The second kappa shape index (κ2) is 9.28. The lowest BCUT2D eigenvalue weighted by Gasteiger charge is -2.13. The molecule has 3 aromatic rings. The van der Waals surface area contributed by atoms with E-state index in [0.717, 1.165) is 5.56 Å². The summed E-state index contributed by atoms with van der Waals surface area (Å²) in [5.41, 5.74) is 1.82. The third-order valence-corrected chi connectivity index (χ3v) is 5.24. The molecule has 0 atom stereocenters. The Morgan fingerprint density at radius 3 is 2.37 bits per heavy atom. The Morgan fingerprint density at radius 2 is 1.73 bits per heavy atom. The molecule has 0 aliphatic heterocycles. The number of ether oxygens (including phenoxy) is 4. The van der Waals surface area contributed by atoms with E-state index in [0.29, 0.717) is 44.7 Å². The van der Waals surface area contributed by atoms with Crippen molar-refractivity contribution in [3.05, 3.63) is 57.7 Å². The zero-order chi connectivity index (χ0) is 21.8. The Morgan fingerprint density at radius 1 is 0.967 bits per heavy atom. The quantitative estimate of drug-likeness (QED) is 0.497. The Balaban J connectivity index is 2.15. The van der Waals surface area contributed by atoms with Crippen LogP contribution in [-0.4, -0.2) is 44.4 Å². The standard InChI is InChI=1S/C21H19Cl2NO6/c1-27-18-7-6-16-13(20(18)30-11-19(25)28-2)9-17(21(26)29-3)24(16)10-12-4-5-14(22)15(23)8-12/h4-9H,10-11H2,1-3H3. The van der Waals surface area contributed by atoms with Gasteiger partial charge in [-0.2, -0.15) is 0 Å². The van der Waals surface area contributed by atoms with E-state index in [1.165, 1.54) is 21.3 Å². The number of aromatic nitrogens is 1. The molecule has 7 nitrogen and oxygen atoms in total. The first-order valence-electron chi connectivity index (χ1n) is 8.81. The summed E-state index contributed by atoms with van der Waals surface area (Å²) >= 11 is 12.1. The van der Waals surface area contributed by atoms with Crippen molar-refractivity contribution in [2.75, 3.05) is 27.9 Å². The summed E-state index contributed by atoms with van der Waals surface area (Å²) in [4.78, 5) is 24.0. The molecule has 0 N–H and O–H groups in total. The molecule has 1 heterocycles. The van der Waals surface area contributed by atoms with E-state index in [9.17, 15) is 9.59 Å². The molecule has 0 saturated carbocycles. The highest BCUT2D eigenvalue weighted by Gasteiger charge is 2.22. The minimum atomic E-state index is -0.544. The summed E-state index contributed by atoms with van der Waals surface area (Å²) in [5.74, 6) is -0.338. The van der Waals surface area contributed by atoms with Crippen LogP contribution in [0.1, 0.15) is 16.1 Å². The van der Waals surface area contributed by atoms with Gasteiger partial charge in [-0.3, -0.25) is 0 Å². The number of hydrogen-bond donors (Lipinski definition) is 0. The average molecular weight is 452 g/mol. The Hall–Kier alpha value is -2.90. The van der Waals surface area contributed by atoms with Crippen LogP contribution in [0.25, 0.3) is 10.9 Å². The zero-order valence-electron chi connectivity index (χ0n) is 16.5. The molecule has 3 rings (SSSR count). The lowest BCUT2D eigenvalue weighted by Crippen LogP contribution is -2.13. The highest BCUT2D eigenvalue weighted by atomic mass is 35.5. The molecule has 0 fully saturated rings. The number of halogens is 2. The van der Waals surface area contributed by atoms with Gasteiger partial charge >= 0.3 is 11.9 Å². The van der Waals surface area contributed by atoms with Crippen molar-refractivity contribution in [2.24, 2.45) is 0 Å². The minimum Gasteiger partial charge on any atom is -0.493 e. The molecule has 158 valence electrons. The first-order valence-corrected chi connectivity index (χ1v) is 9.57. The van der Waals surface area contributed by atoms with Crippen LogP contribution in [0.3, 0.4) is 0 Å². The van der Waals surface area contributed by atoms with E-state index >= 15 is 0 Å². The number of carbonyl (C=O) groups is 2. The third-order valence-electron chi connectivity index (χ3n) is 4.50. The SMILES string of the molecule is COC(=O)COc1c(OC)ccc2c1cc(C(=O)OC)n2Cc1ccc(Cl)c(Cl)c1. The zero-order valence-corrected chi connectivity index (χ0v) is 18.0. The van der Waals surface area contributed by atoms with Gasteiger partial charge in [0.2, 0.25) is 0 Å². The maximum Gasteiger partial charge on any atom is 0.354 e. The van der Waals surface area contributed by atoms with Crippen LogP contribution in [-0.2, 0) is 20.8 Å². The molecular formula is C21H19Cl2NO6. The summed E-state index contributed by atoms with van der Waals surface area (Å²) in [7, 11) is 4.06. The van der Waals surface area contributed by atoms with Gasteiger partial charge in [0, 0.05) is 11.9 Å². The molecule has 0 spiro atoms. The van der Waals surface area contributed by atoms with Crippen LogP contribution < -0.4 is 9.47 Å². The molecule has 0 saturated heterocycles. The van der Waals surface area contributed by atoms with Crippen LogP contribution in [0.15, 0.2) is 36.4 Å². The van der Waals surface area contributed by atoms with Crippen LogP contribution >= 0.6 is 23.2 Å². The topological polar surface area (TPSA) is 76.0 Å². The normalized spacial score (nSPS) is 10.7. The average Bonchev–Trinajstić information content (AvgIpc) is 3.12. The van der Waals surface area contributed by atoms with Gasteiger partial charge in [0.05, 0.1) is 36.9 Å². The van der Waals surface area contributed by atoms with E-state index in [1.54, 1.807) is 34.9 Å². The van der Waals surface area contributed by atoms with Crippen molar-refractivity contribution < 1.29 is 28.5 Å². The van der Waals surface area contributed by atoms with Crippen molar-refractivity contribution in [3.8, 4) is 11.5 Å². The number of fused-ring (bicyclic) bond motifs is 1. The third kappa shape index (κ3) is 4.32. The largest absolute Gasteiger partial charge is 0.493 e. The van der Waals surface area contributed by atoms with Gasteiger partial charge in [-0.25, -0.2) is 9.59 Å². The van der Waals surface area contributed by atoms with E-state index in [1.807, 2.05) is 6.07 Å². The van der Waals surface area contributed by atoms with Gasteiger partial charge in [0.15, 0.2) is 18.1 Å². The van der Waals surface area contributed by atoms with Gasteiger partial charge in [-0.1, -0.05) is 29.3 Å². The number of esters is 2. The van der Waals surface area contributed by atoms with Crippen LogP contribution in [0.2, 0.25) is 10.0 Å². The molecular weight excluding hydrogens is 433 g/mol. The maximum absolute atomic E-state index is 12.5.